The zero-order valence-corrected chi connectivity index (χ0v) is 14.0. The summed E-state index contributed by atoms with van der Waals surface area (Å²) in [6, 6.07) is 12.0. The fourth-order valence-electron chi connectivity index (χ4n) is 2.43. The van der Waals surface area contributed by atoms with Gasteiger partial charge in [0.25, 0.3) is 0 Å². The SMILES string of the molecule is CS(=O)(=O)Nc1ccc2c(/C=C(/C(=O)O)c3ccccc3)c[nH]c2n1. The quantitative estimate of drug-likeness (QED) is 0.608. The topological polar surface area (TPSA) is 112 Å². The molecule has 2 heterocycles. The van der Waals surface area contributed by atoms with E-state index in [0.29, 0.717) is 22.2 Å². The van der Waals surface area contributed by atoms with Crippen LogP contribution in [0.1, 0.15) is 11.1 Å². The van der Waals surface area contributed by atoms with E-state index in [2.05, 4.69) is 14.7 Å². The van der Waals surface area contributed by atoms with Gasteiger partial charge in [-0.2, -0.15) is 0 Å². The fourth-order valence-corrected chi connectivity index (χ4v) is 2.93. The van der Waals surface area contributed by atoms with E-state index < -0.39 is 16.0 Å². The van der Waals surface area contributed by atoms with Gasteiger partial charge in [-0.3, -0.25) is 4.72 Å². The van der Waals surface area contributed by atoms with Crippen molar-refractivity contribution in [1.29, 1.82) is 0 Å². The second-order valence-corrected chi connectivity index (χ2v) is 7.19. The first-order valence-electron chi connectivity index (χ1n) is 7.30. The zero-order valence-electron chi connectivity index (χ0n) is 13.2. The van der Waals surface area contributed by atoms with Crippen LogP contribution in [0.25, 0.3) is 22.7 Å². The van der Waals surface area contributed by atoms with Crippen LogP contribution >= 0.6 is 0 Å². The molecule has 1 aromatic carbocycles. The van der Waals surface area contributed by atoms with E-state index >= 15 is 0 Å². The molecule has 0 unspecified atom stereocenters. The highest BCUT2D eigenvalue weighted by atomic mass is 32.2. The Hall–Kier alpha value is -3.13. The van der Waals surface area contributed by atoms with Gasteiger partial charge in [-0.1, -0.05) is 30.3 Å². The van der Waals surface area contributed by atoms with Crippen molar-refractivity contribution in [3.63, 3.8) is 0 Å². The minimum absolute atomic E-state index is 0.153. The number of hydrogen-bond acceptors (Lipinski definition) is 4. The summed E-state index contributed by atoms with van der Waals surface area (Å²) in [5.74, 6) is -0.849. The Morgan fingerprint density at radius 2 is 1.92 bits per heavy atom. The Labute approximate surface area is 144 Å². The van der Waals surface area contributed by atoms with Gasteiger partial charge in [0.1, 0.15) is 11.5 Å². The zero-order chi connectivity index (χ0) is 18.0. The lowest BCUT2D eigenvalue weighted by Gasteiger charge is -2.03. The molecule has 3 rings (SSSR count). The van der Waals surface area contributed by atoms with E-state index in [1.54, 1.807) is 42.6 Å². The maximum absolute atomic E-state index is 11.6. The number of carboxylic acids is 1. The molecule has 0 aliphatic rings. The molecular weight excluding hydrogens is 342 g/mol. The Kier molecular flexibility index (Phi) is 4.28. The van der Waals surface area contributed by atoms with Gasteiger partial charge in [0, 0.05) is 17.1 Å². The molecule has 0 amide bonds. The van der Waals surface area contributed by atoms with E-state index in [-0.39, 0.29) is 11.4 Å². The molecule has 0 spiro atoms. The lowest BCUT2D eigenvalue weighted by molar-refractivity contribution is -0.130. The van der Waals surface area contributed by atoms with E-state index in [4.69, 9.17) is 0 Å². The number of H-pyrrole nitrogens is 1. The molecule has 0 aliphatic carbocycles. The predicted octanol–water partition coefficient (Wildman–Crippen LogP) is 2.56. The predicted molar refractivity (Wildman–Crippen MR) is 96.5 cm³/mol. The molecule has 0 fully saturated rings. The summed E-state index contributed by atoms with van der Waals surface area (Å²) in [7, 11) is -3.42. The summed E-state index contributed by atoms with van der Waals surface area (Å²) in [5.41, 5.74) is 1.85. The van der Waals surface area contributed by atoms with E-state index in [1.807, 2.05) is 6.07 Å². The van der Waals surface area contributed by atoms with Crippen LogP contribution in [0, 0.1) is 0 Å². The third-order valence-electron chi connectivity index (χ3n) is 3.48. The lowest BCUT2D eigenvalue weighted by atomic mass is 10.0. The number of hydrogen-bond donors (Lipinski definition) is 3. The standard InChI is InChI=1S/C17H15N3O4S/c1-25(23,24)20-15-8-7-13-12(10-18-16(13)19-15)9-14(17(21)22)11-5-3-2-4-6-11/h2-10H,1H3,(H,21,22)(H2,18,19,20)/b14-9+. The number of anilines is 1. The van der Waals surface area contributed by atoms with Gasteiger partial charge in [-0.05, 0) is 23.8 Å². The van der Waals surface area contributed by atoms with Crippen LogP contribution in [-0.4, -0.2) is 35.7 Å². The molecule has 3 N–H and O–H groups in total. The smallest absolute Gasteiger partial charge is 0.336 e. The molecule has 2 aromatic heterocycles. The first-order chi connectivity index (χ1) is 11.8. The van der Waals surface area contributed by atoms with Crippen molar-refractivity contribution in [2.24, 2.45) is 0 Å². The molecule has 7 nitrogen and oxygen atoms in total. The number of aromatic amines is 1. The number of benzene rings is 1. The highest BCUT2D eigenvalue weighted by Gasteiger charge is 2.13. The van der Waals surface area contributed by atoms with Gasteiger partial charge in [0.15, 0.2) is 0 Å². The highest BCUT2D eigenvalue weighted by Crippen LogP contribution is 2.25. The van der Waals surface area contributed by atoms with Crippen molar-refractivity contribution in [2.45, 2.75) is 0 Å². The second kappa shape index (κ2) is 6.40. The minimum atomic E-state index is -3.42. The number of nitrogens with one attached hydrogen (secondary N) is 2. The normalized spacial score (nSPS) is 12.3. The van der Waals surface area contributed by atoms with Gasteiger partial charge in [0.05, 0.1) is 11.8 Å². The monoisotopic (exact) mass is 357 g/mol. The highest BCUT2D eigenvalue weighted by molar-refractivity contribution is 7.92. The summed E-state index contributed by atoms with van der Waals surface area (Å²) in [4.78, 5) is 18.7. The Morgan fingerprint density at radius 1 is 1.20 bits per heavy atom. The summed E-state index contributed by atoms with van der Waals surface area (Å²) in [5, 5.41) is 10.2. The van der Waals surface area contributed by atoms with Crippen molar-refractivity contribution in [1.82, 2.24) is 9.97 Å². The largest absolute Gasteiger partial charge is 0.478 e. The molecule has 8 heteroatoms. The summed E-state index contributed by atoms with van der Waals surface area (Å²) in [6.45, 7) is 0. The first kappa shape index (κ1) is 16.7. The number of rotatable bonds is 5. The first-order valence-corrected chi connectivity index (χ1v) is 9.19. The van der Waals surface area contributed by atoms with Crippen molar-refractivity contribution >= 4 is 44.5 Å². The number of carbonyl (C=O) groups is 1. The van der Waals surface area contributed by atoms with Crippen LogP contribution in [0.4, 0.5) is 5.82 Å². The van der Waals surface area contributed by atoms with Crippen molar-refractivity contribution in [2.75, 3.05) is 11.0 Å². The summed E-state index contributed by atoms with van der Waals surface area (Å²) >= 11 is 0. The Balaban J connectivity index is 2.05. The number of pyridine rings is 1. The van der Waals surface area contributed by atoms with Crippen LogP contribution < -0.4 is 4.72 Å². The van der Waals surface area contributed by atoms with Crippen molar-refractivity contribution < 1.29 is 18.3 Å². The summed E-state index contributed by atoms with van der Waals surface area (Å²) < 4.78 is 24.9. The maximum Gasteiger partial charge on any atom is 0.336 e. The van der Waals surface area contributed by atoms with Crippen LogP contribution in [0.15, 0.2) is 48.7 Å². The van der Waals surface area contributed by atoms with Crippen LogP contribution in [0.3, 0.4) is 0 Å². The number of carboxylic acid groups (broad SMARTS) is 1. The molecule has 0 bridgehead atoms. The molecule has 0 saturated heterocycles. The third kappa shape index (κ3) is 3.86. The van der Waals surface area contributed by atoms with E-state index in [1.165, 1.54) is 6.07 Å². The fraction of sp³-hybridized carbons (Fsp3) is 0.0588. The molecule has 0 atom stereocenters. The number of aromatic nitrogens is 2. The van der Waals surface area contributed by atoms with Gasteiger partial charge in [0.2, 0.25) is 10.0 Å². The third-order valence-corrected chi connectivity index (χ3v) is 4.06. The molecule has 25 heavy (non-hydrogen) atoms. The number of fused-ring (bicyclic) bond motifs is 1. The van der Waals surface area contributed by atoms with E-state index in [0.717, 1.165) is 6.26 Å². The average Bonchev–Trinajstić information content (AvgIpc) is 2.93. The van der Waals surface area contributed by atoms with Gasteiger partial charge < -0.3 is 10.1 Å². The Morgan fingerprint density at radius 3 is 2.56 bits per heavy atom. The summed E-state index contributed by atoms with van der Waals surface area (Å²) in [6.07, 6.45) is 4.23. The lowest BCUT2D eigenvalue weighted by Crippen LogP contribution is -2.10. The molecule has 0 aliphatic heterocycles. The van der Waals surface area contributed by atoms with Crippen LogP contribution in [-0.2, 0) is 14.8 Å². The molecule has 128 valence electrons. The van der Waals surface area contributed by atoms with Crippen LogP contribution in [0.5, 0.6) is 0 Å². The second-order valence-electron chi connectivity index (χ2n) is 5.44. The molecule has 0 radical (unpaired) electrons. The molecule has 0 saturated carbocycles. The van der Waals surface area contributed by atoms with Gasteiger partial charge in [-0.25, -0.2) is 18.2 Å². The van der Waals surface area contributed by atoms with Gasteiger partial charge >= 0.3 is 5.97 Å². The number of aliphatic carboxylic acids is 1. The average molecular weight is 357 g/mol. The minimum Gasteiger partial charge on any atom is -0.478 e. The number of nitrogens with zero attached hydrogens (tertiary/aromatic N) is 1. The van der Waals surface area contributed by atoms with Crippen LogP contribution in [0.2, 0.25) is 0 Å². The van der Waals surface area contributed by atoms with E-state index in [9.17, 15) is 18.3 Å². The van der Waals surface area contributed by atoms with Crippen molar-refractivity contribution in [3.05, 3.63) is 59.8 Å². The number of sulfonamides is 1. The maximum atomic E-state index is 11.6. The van der Waals surface area contributed by atoms with Crippen molar-refractivity contribution in [3.8, 4) is 0 Å². The Bertz CT molecular complexity index is 1070. The molecular formula is C17H15N3O4S. The molecule has 3 aromatic rings. The van der Waals surface area contributed by atoms with Gasteiger partial charge in [-0.15, -0.1) is 0 Å².